The smallest absolute Gasteiger partial charge is 0.255 e. The van der Waals surface area contributed by atoms with Gasteiger partial charge in [-0.3, -0.25) is 14.8 Å². The number of anilines is 1. The van der Waals surface area contributed by atoms with Crippen LogP contribution in [0.1, 0.15) is 40.5 Å². The number of rotatable bonds is 3. The maximum Gasteiger partial charge on any atom is 0.255 e. The van der Waals surface area contributed by atoms with Crippen LogP contribution in [0.25, 0.3) is 0 Å². The van der Waals surface area contributed by atoms with E-state index in [2.05, 4.69) is 22.0 Å². The van der Waals surface area contributed by atoms with Crippen molar-refractivity contribution < 1.29 is 4.79 Å². The van der Waals surface area contributed by atoms with Crippen molar-refractivity contribution in [1.82, 2.24) is 14.9 Å². The molecule has 0 aromatic carbocycles. The van der Waals surface area contributed by atoms with Gasteiger partial charge < -0.3 is 9.80 Å². The minimum atomic E-state index is 0.0632. The summed E-state index contributed by atoms with van der Waals surface area (Å²) in [4.78, 5) is 25.5. The molecule has 1 aliphatic rings. The van der Waals surface area contributed by atoms with Gasteiger partial charge in [-0.2, -0.15) is 0 Å². The molecule has 0 saturated carbocycles. The van der Waals surface area contributed by atoms with Crippen molar-refractivity contribution in [3.8, 4) is 0 Å². The van der Waals surface area contributed by atoms with Crippen molar-refractivity contribution in [2.45, 2.75) is 25.7 Å². The zero-order valence-corrected chi connectivity index (χ0v) is 14.6. The Bertz CT molecular complexity index is 715. The molecule has 0 spiro atoms. The van der Waals surface area contributed by atoms with E-state index in [1.54, 1.807) is 18.5 Å². The number of likely N-dealkylation sites (tertiary alicyclic amines) is 1. The summed E-state index contributed by atoms with van der Waals surface area (Å²) in [6, 6.07) is 7.87. The highest BCUT2D eigenvalue weighted by Gasteiger charge is 2.26. The van der Waals surface area contributed by atoms with Gasteiger partial charge in [-0.05, 0) is 44.0 Å². The summed E-state index contributed by atoms with van der Waals surface area (Å²) in [6.07, 6.45) is 5.40. The molecule has 2 aromatic heterocycles. The predicted octanol–water partition coefficient (Wildman–Crippen LogP) is 2.87. The van der Waals surface area contributed by atoms with E-state index < -0.39 is 0 Å². The molecule has 5 nitrogen and oxygen atoms in total. The molecule has 1 aliphatic heterocycles. The van der Waals surface area contributed by atoms with Crippen molar-refractivity contribution in [3.63, 3.8) is 0 Å². The van der Waals surface area contributed by atoms with E-state index in [0.29, 0.717) is 5.56 Å². The van der Waals surface area contributed by atoms with Gasteiger partial charge in [-0.25, -0.2) is 0 Å². The first-order valence-corrected chi connectivity index (χ1v) is 8.40. The lowest BCUT2D eigenvalue weighted by Gasteiger charge is -2.33. The molecular weight excluding hydrogens is 300 g/mol. The van der Waals surface area contributed by atoms with E-state index in [4.69, 9.17) is 4.98 Å². The van der Waals surface area contributed by atoms with E-state index in [1.807, 2.05) is 32.0 Å². The number of hydrogen-bond acceptors (Lipinski definition) is 4. The van der Waals surface area contributed by atoms with Crippen molar-refractivity contribution in [1.29, 1.82) is 0 Å². The first-order chi connectivity index (χ1) is 11.5. The summed E-state index contributed by atoms with van der Waals surface area (Å²) in [7, 11) is 4.08. The van der Waals surface area contributed by atoms with Crippen molar-refractivity contribution in [3.05, 3.63) is 53.6 Å². The number of piperidine rings is 1. The second-order valence-corrected chi connectivity index (χ2v) is 6.62. The first-order valence-electron chi connectivity index (χ1n) is 8.40. The van der Waals surface area contributed by atoms with Crippen LogP contribution < -0.4 is 4.90 Å². The highest BCUT2D eigenvalue weighted by Crippen LogP contribution is 2.29. The van der Waals surface area contributed by atoms with Gasteiger partial charge in [0.1, 0.15) is 0 Å². The monoisotopic (exact) mass is 324 g/mol. The van der Waals surface area contributed by atoms with Crippen LogP contribution in [0.5, 0.6) is 0 Å². The van der Waals surface area contributed by atoms with Gasteiger partial charge in [-0.15, -0.1) is 0 Å². The summed E-state index contributed by atoms with van der Waals surface area (Å²) in [5, 5.41) is 0. The molecule has 1 fully saturated rings. The van der Waals surface area contributed by atoms with Gasteiger partial charge >= 0.3 is 0 Å². The molecular formula is C19H24N4O. The standard InChI is InChI=1S/C19H24N4O/c1-14-10-17(22(2)3)11-18(21-14)16-7-5-9-23(13-16)19(24)15-6-4-8-20-12-15/h4,6,8,10-12,16H,5,7,9,13H2,1-3H3. The third kappa shape index (κ3) is 3.55. The van der Waals surface area contributed by atoms with E-state index in [0.717, 1.165) is 43.0 Å². The summed E-state index contributed by atoms with van der Waals surface area (Å²) in [6.45, 7) is 3.55. The molecule has 0 N–H and O–H groups in total. The van der Waals surface area contributed by atoms with Gasteiger partial charge in [-0.1, -0.05) is 0 Å². The highest BCUT2D eigenvalue weighted by atomic mass is 16.2. The van der Waals surface area contributed by atoms with Crippen molar-refractivity contribution in [2.24, 2.45) is 0 Å². The number of carbonyl (C=O) groups is 1. The number of pyridine rings is 2. The second kappa shape index (κ2) is 6.99. The minimum Gasteiger partial charge on any atom is -0.378 e. The Hall–Kier alpha value is -2.43. The molecule has 3 rings (SSSR count). The number of nitrogens with zero attached hydrogens (tertiary/aromatic N) is 4. The second-order valence-electron chi connectivity index (χ2n) is 6.62. The molecule has 0 bridgehead atoms. The summed E-state index contributed by atoms with van der Waals surface area (Å²) >= 11 is 0. The van der Waals surface area contributed by atoms with Gasteiger partial charge in [0.15, 0.2) is 0 Å². The summed E-state index contributed by atoms with van der Waals surface area (Å²) in [5.41, 5.74) is 3.92. The number of aryl methyl sites for hydroxylation is 1. The predicted molar refractivity (Wildman–Crippen MR) is 95.4 cm³/mol. The van der Waals surface area contributed by atoms with E-state index in [9.17, 15) is 4.79 Å². The fraction of sp³-hybridized carbons (Fsp3) is 0.421. The molecule has 1 atom stereocenters. The average Bonchev–Trinajstić information content (AvgIpc) is 2.61. The molecule has 1 amide bonds. The molecule has 3 heterocycles. The van der Waals surface area contributed by atoms with E-state index in [-0.39, 0.29) is 11.8 Å². The summed E-state index contributed by atoms with van der Waals surface area (Å²) in [5.74, 6) is 0.353. The van der Waals surface area contributed by atoms with Crippen LogP contribution in [-0.2, 0) is 0 Å². The van der Waals surface area contributed by atoms with Crippen LogP contribution in [0.15, 0.2) is 36.7 Å². The van der Waals surface area contributed by atoms with Crippen molar-refractivity contribution >= 4 is 11.6 Å². The Morgan fingerprint density at radius 1 is 1.33 bits per heavy atom. The maximum atomic E-state index is 12.7. The molecule has 126 valence electrons. The molecule has 0 aliphatic carbocycles. The Morgan fingerprint density at radius 2 is 2.17 bits per heavy atom. The molecule has 1 unspecified atom stereocenters. The fourth-order valence-electron chi connectivity index (χ4n) is 3.22. The minimum absolute atomic E-state index is 0.0632. The van der Waals surface area contributed by atoms with Gasteiger partial charge in [0, 0.05) is 62.6 Å². The van der Waals surface area contributed by atoms with Gasteiger partial charge in [0.05, 0.1) is 5.56 Å². The van der Waals surface area contributed by atoms with Gasteiger partial charge in [0.2, 0.25) is 0 Å². The lowest BCUT2D eigenvalue weighted by atomic mass is 9.93. The Morgan fingerprint density at radius 3 is 2.88 bits per heavy atom. The molecule has 1 saturated heterocycles. The van der Waals surface area contributed by atoms with Crippen LogP contribution in [0.4, 0.5) is 5.69 Å². The quantitative estimate of drug-likeness (QED) is 0.871. The number of carbonyl (C=O) groups excluding carboxylic acids is 1. The first kappa shape index (κ1) is 16.4. The number of hydrogen-bond donors (Lipinski definition) is 0. The van der Waals surface area contributed by atoms with Crippen LogP contribution in [0.3, 0.4) is 0 Å². The zero-order valence-electron chi connectivity index (χ0n) is 14.6. The zero-order chi connectivity index (χ0) is 17.1. The van der Waals surface area contributed by atoms with Crippen LogP contribution in [-0.4, -0.2) is 48.0 Å². The molecule has 5 heteroatoms. The van der Waals surface area contributed by atoms with Gasteiger partial charge in [0.25, 0.3) is 5.91 Å². The third-order valence-corrected chi connectivity index (χ3v) is 4.51. The largest absolute Gasteiger partial charge is 0.378 e. The fourth-order valence-corrected chi connectivity index (χ4v) is 3.22. The molecule has 2 aromatic rings. The highest BCUT2D eigenvalue weighted by molar-refractivity contribution is 5.94. The van der Waals surface area contributed by atoms with E-state index in [1.165, 1.54) is 0 Å². The SMILES string of the molecule is Cc1cc(N(C)C)cc(C2CCCN(C(=O)c3cccnc3)C2)n1. The summed E-state index contributed by atoms with van der Waals surface area (Å²) < 4.78 is 0. The van der Waals surface area contributed by atoms with Crippen LogP contribution in [0, 0.1) is 6.92 Å². The Balaban J connectivity index is 1.80. The lowest BCUT2D eigenvalue weighted by molar-refractivity contribution is 0.0705. The van der Waals surface area contributed by atoms with Crippen LogP contribution >= 0.6 is 0 Å². The molecule has 24 heavy (non-hydrogen) atoms. The van der Waals surface area contributed by atoms with E-state index >= 15 is 0 Å². The average molecular weight is 324 g/mol. The normalized spacial score (nSPS) is 17.6. The Kier molecular flexibility index (Phi) is 4.79. The molecule has 0 radical (unpaired) electrons. The topological polar surface area (TPSA) is 49.3 Å². The Labute approximate surface area is 143 Å². The van der Waals surface area contributed by atoms with Crippen molar-refractivity contribution in [2.75, 3.05) is 32.1 Å². The lowest BCUT2D eigenvalue weighted by Crippen LogP contribution is -2.39. The third-order valence-electron chi connectivity index (χ3n) is 4.51. The number of aromatic nitrogens is 2. The van der Waals surface area contributed by atoms with Crippen LogP contribution in [0.2, 0.25) is 0 Å². The number of amides is 1. The maximum absolute atomic E-state index is 12.7.